The number of nitrogens with zero attached hydrogens (tertiary/aromatic N) is 2. The van der Waals surface area contributed by atoms with Gasteiger partial charge in [-0.25, -0.2) is 9.59 Å². The molecule has 0 fully saturated rings. The number of nitrogens with one attached hydrogen (secondary N) is 3. The van der Waals surface area contributed by atoms with Gasteiger partial charge in [0.2, 0.25) is 5.91 Å². The number of urea groups is 1. The number of amides is 3. The van der Waals surface area contributed by atoms with E-state index in [4.69, 9.17) is 5.11 Å². The number of aliphatic carboxylic acids is 1. The number of carboxylic acid groups (broad SMARTS) is 1. The second kappa shape index (κ2) is 7.27. The highest BCUT2D eigenvalue weighted by atomic mass is 16.4. The standard InChI is InChI=1S/C12H19N5O4/c1-4-13-10(18)7(2)15-12(21)16-9(11(19)20)8-5-14-17(3)6-8/h5-7,9H,4H2,1-3H3,(H,13,18)(H,19,20)(H2,15,16,21). The summed E-state index contributed by atoms with van der Waals surface area (Å²) in [7, 11) is 1.64. The highest BCUT2D eigenvalue weighted by Crippen LogP contribution is 2.11. The third-order valence-electron chi connectivity index (χ3n) is 2.67. The van der Waals surface area contributed by atoms with Crippen LogP contribution < -0.4 is 16.0 Å². The predicted octanol–water partition coefficient (Wildman–Crippen LogP) is -0.630. The monoisotopic (exact) mass is 297 g/mol. The minimum atomic E-state index is -1.24. The second-order valence-corrected chi connectivity index (χ2v) is 4.45. The van der Waals surface area contributed by atoms with Crippen LogP contribution in [0.1, 0.15) is 25.5 Å². The summed E-state index contributed by atoms with van der Waals surface area (Å²) < 4.78 is 1.43. The lowest BCUT2D eigenvalue weighted by Gasteiger charge is -2.17. The van der Waals surface area contributed by atoms with Crippen LogP contribution in [0.3, 0.4) is 0 Å². The van der Waals surface area contributed by atoms with Crippen LogP contribution >= 0.6 is 0 Å². The number of carboxylic acids is 1. The quantitative estimate of drug-likeness (QED) is 0.556. The van der Waals surface area contributed by atoms with E-state index < -0.39 is 24.1 Å². The molecule has 3 amide bonds. The normalized spacial score (nSPS) is 13.1. The van der Waals surface area contributed by atoms with E-state index in [1.165, 1.54) is 24.0 Å². The Morgan fingerprint density at radius 3 is 2.52 bits per heavy atom. The molecule has 21 heavy (non-hydrogen) atoms. The molecule has 0 aliphatic carbocycles. The largest absolute Gasteiger partial charge is 0.479 e. The molecule has 0 radical (unpaired) electrons. The highest BCUT2D eigenvalue weighted by Gasteiger charge is 2.24. The lowest BCUT2D eigenvalue weighted by Crippen LogP contribution is -2.49. The van der Waals surface area contributed by atoms with E-state index in [2.05, 4.69) is 21.0 Å². The third-order valence-corrected chi connectivity index (χ3v) is 2.67. The minimum Gasteiger partial charge on any atom is -0.479 e. The number of hydrogen-bond donors (Lipinski definition) is 4. The molecule has 9 heteroatoms. The van der Waals surface area contributed by atoms with Crippen LogP contribution in [-0.2, 0) is 16.6 Å². The second-order valence-electron chi connectivity index (χ2n) is 4.45. The molecule has 4 N–H and O–H groups in total. The average Bonchev–Trinajstić information content (AvgIpc) is 2.82. The number of rotatable bonds is 6. The van der Waals surface area contributed by atoms with Crippen molar-refractivity contribution in [2.75, 3.05) is 6.54 Å². The fourth-order valence-electron chi connectivity index (χ4n) is 1.64. The molecule has 1 rings (SSSR count). The van der Waals surface area contributed by atoms with Crippen molar-refractivity contribution < 1.29 is 19.5 Å². The SMILES string of the molecule is CCNC(=O)C(C)NC(=O)NC(C(=O)O)c1cnn(C)c1. The molecule has 1 aromatic heterocycles. The van der Waals surface area contributed by atoms with Gasteiger partial charge < -0.3 is 21.1 Å². The third kappa shape index (κ3) is 4.79. The smallest absolute Gasteiger partial charge is 0.331 e. The maximum absolute atomic E-state index is 11.8. The number of aromatic nitrogens is 2. The Morgan fingerprint density at radius 1 is 1.38 bits per heavy atom. The molecule has 0 saturated heterocycles. The number of hydrogen-bond acceptors (Lipinski definition) is 4. The molecule has 1 aromatic rings. The first-order chi connectivity index (χ1) is 9.85. The summed E-state index contributed by atoms with van der Waals surface area (Å²) in [4.78, 5) is 34.5. The fraction of sp³-hybridized carbons (Fsp3) is 0.500. The lowest BCUT2D eigenvalue weighted by atomic mass is 10.1. The average molecular weight is 297 g/mol. The molecular formula is C12H19N5O4. The molecule has 9 nitrogen and oxygen atoms in total. The number of carbonyl (C=O) groups is 3. The first-order valence-corrected chi connectivity index (χ1v) is 6.41. The van der Waals surface area contributed by atoms with Crippen LogP contribution in [0, 0.1) is 0 Å². The van der Waals surface area contributed by atoms with Crippen molar-refractivity contribution in [1.29, 1.82) is 0 Å². The zero-order valence-corrected chi connectivity index (χ0v) is 12.1. The van der Waals surface area contributed by atoms with E-state index in [9.17, 15) is 14.4 Å². The van der Waals surface area contributed by atoms with Gasteiger partial charge in [0.15, 0.2) is 6.04 Å². The fourth-order valence-corrected chi connectivity index (χ4v) is 1.64. The highest BCUT2D eigenvalue weighted by molar-refractivity contribution is 5.88. The minimum absolute atomic E-state index is 0.339. The molecule has 0 bridgehead atoms. The molecule has 0 saturated carbocycles. The van der Waals surface area contributed by atoms with Gasteiger partial charge in [-0.1, -0.05) is 0 Å². The summed E-state index contributed by atoms with van der Waals surface area (Å²) in [6.45, 7) is 3.71. The topological polar surface area (TPSA) is 125 Å². The van der Waals surface area contributed by atoms with Gasteiger partial charge in [0, 0.05) is 25.4 Å². The van der Waals surface area contributed by atoms with E-state index in [1.54, 1.807) is 14.0 Å². The van der Waals surface area contributed by atoms with Crippen molar-refractivity contribution >= 4 is 17.9 Å². The molecule has 0 aliphatic rings. The summed E-state index contributed by atoms with van der Waals surface area (Å²) in [6.07, 6.45) is 2.85. The molecule has 2 atom stereocenters. The Labute approximate surface area is 121 Å². The molecule has 0 aromatic carbocycles. The van der Waals surface area contributed by atoms with Gasteiger partial charge in [0.05, 0.1) is 6.20 Å². The van der Waals surface area contributed by atoms with Crippen molar-refractivity contribution in [3.63, 3.8) is 0 Å². The van der Waals surface area contributed by atoms with Gasteiger partial charge in [0.25, 0.3) is 0 Å². The van der Waals surface area contributed by atoms with Crippen LogP contribution in [0.15, 0.2) is 12.4 Å². The zero-order chi connectivity index (χ0) is 16.0. The van der Waals surface area contributed by atoms with Gasteiger partial charge in [-0.15, -0.1) is 0 Å². The molecule has 116 valence electrons. The Kier molecular flexibility index (Phi) is 5.70. The molecular weight excluding hydrogens is 278 g/mol. The van der Waals surface area contributed by atoms with Crippen molar-refractivity contribution in [3.05, 3.63) is 18.0 Å². The number of carbonyl (C=O) groups excluding carboxylic acids is 2. The van der Waals surface area contributed by atoms with Crippen molar-refractivity contribution in [3.8, 4) is 0 Å². The van der Waals surface area contributed by atoms with Gasteiger partial charge >= 0.3 is 12.0 Å². The van der Waals surface area contributed by atoms with Gasteiger partial charge in [-0.2, -0.15) is 5.10 Å². The maximum atomic E-state index is 11.8. The number of likely N-dealkylation sites (N-methyl/N-ethyl adjacent to an activating group) is 1. The molecule has 0 spiro atoms. The van der Waals surface area contributed by atoms with Crippen molar-refractivity contribution in [2.24, 2.45) is 7.05 Å². The Bertz CT molecular complexity index is 527. The summed E-state index contributed by atoms with van der Waals surface area (Å²) in [5.41, 5.74) is 0.339. The van der Waals surface area contributed by atoms with Crippen LogP contribution in [0.2, 0.25) is 0 Å². The van der Waals surface area contributed by atoms with Crippen molar-refractivity contribution in [2.45, 2.75) is 25.9 Å². The Hall–Kier alpha value is -2.58. The Morgan fingerprint density at radius 2 is 2.05 bits per heavy atom. The zero-order valence-electron chi connectivity index (χ0n) is 12.1. The predicted molar refractivity (Wildman–Crippen MR) is 73.4 cm³/mol. The number of aryl methyl sites for hydroxylation is 1. The lowest BCUT2D eigenvalue weighted by molar-refractivity contribution is -0.139. The summed E-state index contributed by atoms with van der Waals surface area (Å²) in [5, 5.41) is 20.2. The molecule has 0 aliphatic heterocycles. The van der Waals surface area contributed by atoms with Crippen LogP contribution in [0.5, 0.6) is 0 Å². The van der Waals surface area contributed by atoms with Gasteiger partial charge in [0.1, 0.15) is 6.04 Å². The van der Waals surface area contributed by atoms with Crippen molar-refractivity contribution in [1.82, 2.24) is 25.7 Å². The van der Waals surface area contributed by atoms with Gasteiger partial charge in [-0.3, -0.25) is 9.48 Å². The Balaban J connectivity index is 2.66. The maximum Gasteiger partial charge on any atom is 0.331 e. The van der Waals surface area contributed by atoms with Crippen LogP contribution in [0.4, 0.5) is 4.79 Å². The molecule has 1 heterocycles. The first kappa shape index (κ1) is 16.5. The summed E-state index contributed by atoms with van der Waals surface area (Å²) >= 11 is 0. The van der Waals surface area contributed by atoms with E-state index in [1.807, 2.05) is 0 Å². The van der Waals surface area contributed by atoms with E-state index in [0.717, 1.165) is 0 Å². The molecule has 2 unspecified atom stereocenters. The van der Waals surface area contributed by atoms with E-state index in [-0.39, 0.29) is 5.91 Å². The van der Waals surface area contributed by atoms with Crippen LogP contribution in [0.25, 0.3) is 0 Å². The van der Waals surface area contributed by atoms with Gasteiger partial charge in [-0.05, 0) is 13.8 Å². The first-order valence-electron chi connectivity index (χ1n) is 6.41. The summed E-state index contributed by atoms with van der Waals surface area (Å²) in [6, 6.07) is -2.75. The summed E-state index contributed by atoms with van der Waals surface area (Å²) in [5.74, 6) is -1.57. The van der Waals surface area contributed by atoms with E-state index in [0.29, 0.717) is 12.1 Å². The van der Waals surface area contributed by atoms with Crippen LogP contribution in [-0.4, -0.2) is 45.4 Å². The van der Waals surface area contributed by atoms with E-state index >= 15 is 0 Å².